The molecule has 0 unspecified atom stereocenters. The third kappa shape index (κ3) is 3.30. The van der Waals surface area contributed by atoms with Crippen molar-refractivity contribution in [2.24, 2.45) is 0 Å². The lowest BCUT2D eigenvalue weighted by Gasteiger charge is -2.19. The summed E-state index contributed by atoms with van der Waals surface area (Å²) in [5, 5.41) is 14.6. The topological polar surface area (TPSA) is 58.4 Å². The van der Waals surface area contributed by atoms with Crippen molar-refractivity contribution in [2.45, 2.75) is 32.4 Å². The number of hydrogen-bond donors (Lipinski definition) is 1. The molecule has 1 aromatic carbocycles. The molecule has 2 aromatic rings. The Bertz CT molecular complexity index is 771. The molecule has 1 aliphatic heterocycles. The number of aryl methyl sites for hydroxylation is 1. The number of halogens is 2. The maximum atomic E-state index is 13.0. The van der Waals surface area contributed by atoms with Crippen molar-refractivity contribution in [1.82, 2.24) is 14.7 Å². The average Bonchev–Trinajstić information content (AvgIpc) is 3.01. The summed E-state index contributed by atoms with van der Waals surface area (Å²) in [7, 11) is 0. The fraction of sp³-hybridized carbons (Fsp3) is 0.412. The summed E-state index contributed by atoms with van der Waals surface area (Å²) in [6, 6.07) is 6.06. The van der Waals surface area contributed by atoms with Gasteiger partial charge < -0.3 is 10.0 Å². The number of nitrogens with zero attached hydrogens (tertiary/aromatic N) is 3. The van der Waals surface area contributed by atoms with Crippen molar-refractivity contribution in [2.75, 3.05) is 13.1 Å². The smallest absolute Gasteiger partial charge is 0.258 e. The number of hydrogen-bond acceptors (Lipinski definition) is 3. The summed E-state index contributed by atoms with van der Waals surface area (Å²) in [6.45, 7) is 4.57. The Balaban J connectivity index is 1.84. The minimum absolute atomic E-state index is 0.222. The van der Waals surface area contributed by atoms with Crippen LogP contribution in [0.15, 0.2) is 24.3 Å². The maximum Gasteiger partial charge on any atom is 0.258 e. The molecule has 1 N–H and O–H groups in total. The molecule has 0 bridgehead atoms. The molecular weight excluding hydrogens is 333 g/mol. The molecule has 1 atom stereocenters. The monoisotopic (exact) mass is 351 g/mol. The molecule has 24 heavy (non-hydrogen) atoms. The highest BCUT2D eigenvalue weighted by Crippen LogP contribution is 2.27. The molecule has 0 spiro atoms. The Labute approximate surface area is 144 Å². The van der Waals surface area contributed by atoms with Gasteiger partial charge in [-0.1, -0.05) is 23.7 Å². The van der Waals surface area contributed by atoms with Crippen molar-refractivity contribution in [3.05, 3.63) is 52.1 Å². The van der Waals surface area contributed by atoms with Crippen LogP contribution in [0, 0.1) is 12.7 Å². The number of carbonyl (C=O) groups is 1. The third-order valence-electron chi connectivity index (χ3n) is 4.26. The van der Waals surface area contributed by atoms with Gasteiger partial charge in [-0.2, -0.15) is 5.10 Å². The first-order valence-electron chi connectivity index (χ1n) is 7.76. The first-order valence-corrected chi connectivity index (χ1v) is 8.14. The largest absolute Gasteiger partial charge is 0.388 e. The van der Waals surface area contributed by atoms with E-state index in [0.717, 1.165) is 5.56 Å². The van der Waals surface area contributed by atoms with Crippen LogP contribution in [0.1, 0.15) is 35.0 Å². The highest BCUT2D eigenvalue weighted by Gasteiger charge is 2.36. The van der Waals surface area contributed by atoms with Gasteiger partial charge in [0.05, 0.1) is 23.4 Å². The Kier molecular flexibility index (Phi) is 4.36. The zero-order valence-corrected chi connectivity index (χ0v) is 14.3. The Morgan fingerprint density at radius 1 is 1.42 bits per heavy atom. The Morgan fingerprint density at radius 3 is 2.67 bits per heavy atom. The van der Waals surface area contributed by atoms with Crippen LogP contribution < -0.4 is 0 Å². The minimum atomic E-state index is -0.861. The zero-order valence-electron chi connectivity index (χ0n) is 13.6. The van der Waals surface area contributed by atoms with Crippen LogP contribution in [-0.2, 0) is 6.54 Å². The first-order chi connectivity index (χ1) is 11.3. The van der Waals surface area contributed by atoms with Gasteiger partial charge in [-0.05, 0) is 38.0 Å². The molecule has 3 rings (SSSR count). The number of aliphatic hydroxyl groups is 1. The lowest BCUT2D eigenvalue weighted by Crippen LogP contribution is -2.34. The van der Waals surface area contributed by atoms with E-state index in [-0.39, 0.29) is 23.4 Å². The van der Waals surface area contributed by atoms with E-state index < -0.39 is 5.60 Å². The van der Waals surface area contributed by atoms with Gasteiger partial charge in [0, 0.05) is 13.1 Å². The third-order valence-corrected chi connectivity index (χ3v) is 4.65. The number of rotatable bonds is 3. The second-order valence-corrected chi connectivity index (χ2v) is 6.87. The van der Waals surface area contributed by atoms with E-state index in [0.29, 0.717) is 30.8 Å². The van der Waals surface area contributed by atoms with Crippen LogP contribution in [0.5, 0.6) is 0 Å². The van der Waals surface area contributed by atoms with Crippen LogP contribution in [0.25, 0.3) is 0 Å². The number of amides is 1. The number of benzene rings is 1. The van der Waals surface area contributed by atoms with Crippen LogP contribution in [0.2, 0.25) is 5.15 Å². The Morgan fingerprint density at radius 2 is 2.08 bits per heavy atom. The summed E-state index contributed by atoms with van der Waals surface area (Å²) in [5.74, 6) is -0.529. The van der Waals surface area contributed by atoms with Crippen molar-refractivity contribution >= 4 is 17.5 Å². The van der Waals surface area contributed by atoms with Gasteiger partial charge >= 0.3 is 0 Å². The SMILES string of the molecule is Cc1nn(Cc2ccc(F)cc2)c(Cl)c1C(=O)N1CC[C@@](C)(O)C1. The molecule has 1 aromatic heterocycles. The van der Waals surface area contributed by atoms with Gasteiger partial charge in [-0.15, -0.1) is 0 Å². The van der Waals surface area contributed by atoms with Crippen molar-refractivity contribution in [1.29, 1.82) is 0 Å². The molecule has 1 aliphatic rings. The standard InChI is InChI=1S/C17H19ClFN3O2/c1-11-14(16(23)21-8-7-17(2,24)10-21)15(18)22(20-11)9-12-3-5-13(19)6-4-12/h3-6,24H,7-10H2,1-2H3/t17-/m1/s1. The maximum absolute atomic E-state index is 13.0. The van der Waals surface area contributed by atoms with E-state index in [4.69, 9.17) is 11.6 Å². The molecule has 128 valence electrons. The molecule has 1 saturated heterocycles. The predicted molar refractivity (Wildman–Crippen MR) is 88.6 cm³/mol. The second-order valence-electron chi connectivity index (χ2n) is 6.51. The Hall–Kier alpha value is -1.92. The molecule has 1 fully saturated rings. The summed E-state index contributed by atoms with van der Waals surface area (Å²) < 4.78 is 14.5. The summed E-state index contributed by atoms with van der Waals surface area (Å²) >= 11 is 6.37. The van der Waals surface area contributed by atoms with Gasteiger partial charge in [0.15, 0.2) is 0 Å². The van der Waals surface area contributed by atoms with Gasteiger partial charge in [-0.25, -0.2) is 9.07 Å². The number of β-amino-alcohol motifs (C(OH)–C–C–N with tert-alkyl or cyclic N) is 1. The minimum Gasteiger partial charge on any atom is -0.388 e. The normalized spacial score (nSPS) is 20.6. The van der Waals surface area contributed by atoms with Crippen LogP contribution >= 0.6 is 11.6 Å². The van der Waals surface area contributed by atoms with E-state index in [2.05, 4.69) is 5.10 Å². The fourth-order valence-electron chi connectivity index (χ4n) is 2.94. The number of likely N-dealkylation sites (tertiary alicyclic amines) is 1. The molecule has 0 aliphatic carbocycles. The molecule has 0 radical (unpaired) electrons. The van der Waals surface area contributed by atoms with Crippen molar-refractivity contribution in [3.8, 4) is 0 Å². The van der Waals surface area contributed by atoms with Gasteiger partial charge in [0.25, 0.3) is 5.91 Å². The molecule has 2 heterocycles. The van der Waals surface area contributed by atoms with Crippen molar-refractivity contribution < 1.29 is 14.3 Å². The van der Waals surface area contributed by atoms with E-state index >= 15 is 0 Å². The number of carbonyl (C=O) groups excluding carboxylic acids is 1. The van der Waals surface area contributed by atoms with Gasteiger partial charge in [0.2, 0.25) is 0 Å². The van der Waals surface area contributed by atoms with E-state index in [9.17, 15) is 14.3 Å². The van der Waals surface area contributed by atoms with E-state index in [1.807, 2.05) is 0 Å². The molecule has 5 nitrogen and oxygen atoms in total. The molecule has 0 saturated carbocycles. The highest BCUT2D eigenvalue weighted by molar-refractivity contribution is 6.33. The summed E-state index contributed by atoms with van der Waals surface area (Å²) in [4.78, 5) is 14.3. The van der Waals surface area contributed by atoms with Gasteiger partial charge in [0.1, 0.15) is 11.0 Å². The first kappa shape index (κ1) is 16.9. The van der Waals surface area contributed by atoms with Crippen LogP contribution in [0.4, 0.5) is 4.39 Å². The molecular formula is C17H19ClFN3O2. The summed E-state index contributed by atoms with van der Waals surface area (Å²) in [6.07, 6.45) is 0.541. The lowest BCUT2D eigenvalue weighted by molar-refractivity contribution is 0.0572. The van der Waals surface area contributed by atoms with E-state index in [1.54, 1.807) is 30.9 Å². The van der Waals surface area contributed by atoms with Gasteiger partial charge in [-0.3, -0.25) is 4.79 Å². The van der Waals surface area contributed by atoms with Crippen molar-refractivity contribution in [3.63, 3.8) is 0 Å². The average molecular weight is 352 g/mol. The second kappa shape index (κ2) is 6.18. The predicted octanol–water partition coefficient (Wildman–Crippen LogP) is 2.63. The fourth-order valence-corrected chi connectivity index (χ4v) is 3.26. The van der Waals surface area contributed by atoms with Crippen LogP contribution in [0.3, 0.4) is 0 Å². The van der Waals surface area contributed by atoms with Crippen LogP contribution in [-0.4, -0.2) is 44.4 Å². The summed E-state index contributed by atoms with van der Waals surface area (Å²) in [5.41, 5.74) is 0.874. The highest BCUT2D eigenvalue weighted by atomic mass is 35.5. The number of aromatic nitrogens is 2. The molecule has 7 heteroatoms. The molecule has 1 amide bonds. The lowest BCUT2D eigenvalue weighted by atomic mass is 10.1. The zero-order chi connectivity index (χ0) is 17.5. The quantitative estimate of drug-likeness (QED) is 0.924. The van der Waals surface area contributed by atoms with E-state index in [1.165, 1.54) is 16.8 Å².